The average molecular weight is 426 g/mol. The van der Waals surface area contributed by atoms with Crippen LogP contribution in [0.25, 0.3) is 11.1 Å². The normalized spacial score (nSPS) is 10.3. The van der Waals surface area contributed by atoms with Crippen LogP contribution in [-0.4, -0.2) is 31.7 Å². The molecule has 0 aliphatic carbocycles. The highest BCUT2D eigenvalue weighted by molar-refractivity contribution is 7.15. The summed E-state index contributed by atoms with van der Waals surface area (Å²) in [6, 6.07) is 16.7. The zero-order chi connectivity index (χ0) is 21.3. The van der Waals surface area contributed by atoms with Crippen LogP contribution in [0.2, 0.25) is 0 Å². The third-order valence-corrected chi connectivity index (χ3v) is 5.01. The van der Waals surface area contributed by atoms with Gasteiger partial charge < -0.3 is 19.5 Å². The first kappa shape index (κ1) is 21.4. The first-order valence-electron chi connectivity index (χ1n) is 9.62. The van der Waals surface area contributed by atoms with Gasteiger partial charge in [0.25, 0.3) is 5.91 Å². The number of hydrogen-bond acceptors (Lipinski definition) is 6. The van der Waals surface area contributed by atoms with Crippen molar-refractivity contribution < 1.29 is 23.8 Å². The smallest absolute Gasteiger partial charge is 0.341 e. The summed E-state index contributed by atoms with van der Waals surface area (Å²) in [5, 5.41) is 5.04. The van der Waals surface area contributed by atoms with Gasteiger partial charge in [-0.3, -0.25) is 4.79 Å². The van der Waals surface area contributed by atoms with Crippen molar-refractivity contribution in [3.8, 4) is 22.6 Å². The molecule has 0 bridgehead atoms. The van der Waals surface area contributed by atoms with Crippen molar-refractivity contribution >= 4 is 28.2 Å². The predicted octanol–water partition coefficient (Wildman–Crippen LogP) is 5.01. The molecule has 3 rings (SSSR count). The van der Waals surface area contributed by atoms with E-state index in [0.29, 0.717) is 28.7 Å². The first-order valence-corrected chi connectivity index (χ1v) is 10.5. The Hall–Kier alpha value is -3.32. The minimum absolute atomic E-state index is 0.217. The molecule has 0 saturated carbocycles. The number of amides is 1. The third-order valence-electron chi connectivity index (χ3n) is 4.12. The van der Waals surface area contributed by atoms with E-state index < -0.39 is 5.97 Å². The molecule has 0 atom stereocenters. The van der Waals surface area contributed by atoms with E-state index in [1.807, 2.05) is 48.7 Å². The topological polar surface area (TPSA) is 73.9 Å². The highest BCUT2D eigenvalue weighted by Crippen LogP contribution is 2.36. The number of hydrogen-bond donors (Lipinski definition) is 1. The highest BCUT2D eigenvalue weighted by atomic mass is 32.1. The number of esters is 1. The molecule has 156 valence electrons. The van der Waals surface area contributed by atoms with Gasteiger partial charge in [-0.2, -0.15) is 0 Å². The minimum atomic E-state index is -0.476. The quantitative estimate of drug-likeness (QED) is 0.488. The second-order valence-corrected chi connectivity index (χ2v) is 7.04. The van der Waals surface area contributed by atoms with E-state index in [2.05, 4.69) is 5.32 Å². The van der Waals surface area contributed by atoms with Crippen LogP contribution >= 0.6 is 11.3 Å². The maximum absolute atomic E-state index is 12.6. The van der Waals surface area contributed by atoms with Gasteiger partial charge in [0.15, 0.2) is 18.1 Å². The summed E-state index contributed by atoms with van der Waals surface area (Å²) in [4.78, 5) is 25.1. The monoisotopic (exact) mass is 425 g/mol. The SMILES string of the molecule is CCOC(=O)c1c(-c2ccccc2)csc1NC(=O)COc1ccccc1OCC. The predicted molar refractivity (Wildman–Crippen MR) is 117 cm³/mol. The van der Waals surface area contributed by atoms with Gasteiger partial charge in [0.2, 0.25) is 0 Å². The molecule has 3 aromatic rings. The van der Waals surface area contributed by atoms with Crippen LogP contribution in [0.5, 0.6) is 11.5 Å². The molecule has 30 heavy (non-hydrogen) atoms. The summed E-state index contributed by atoms with van der Waals surface area (Å²) < 4.78 is 16.3. The van der Waals surface area contributed by atoms with Crippen molar-refractivity contribution in [1.82, 2.24) is 0 Å². The number of carbonyl (C=O) groups is 2. The summed E-state index contributed by atoms with van der Waals surface area (Å²) in [5.74, 6) is 0.197. The zero-order valence-corrected chi connectivity index (χ0v) is 17.7. The number of rotatable bonds is 9. The van der Waals surface area contributed by atoms with E-state index in [-0.39, 0.29) is 19.1 Å². The molecule has 2 aromatic carbocycles. The molecular weight excluding hydrogens is 402 g/mol. The van der Waals surface area contributed by atoms with Crippen LogP contribution in [0.4, 0.5) is 5.00 Å². The first-order chi connectivity index (χ1) is 14.6. The lowest BCUT2D eigenvalue weighted by Crippen LogP contribution is -2.21. The number of thiophene rings is 1. The van der Waals surface area contributed by atoms with Gasteiger partial charge in [0.05, 0.1) is 13.2 Å². The van der Waals surface area contributed by atoms with Gasteiger partial charge in [0.1, 0.15) is 10.6 Å². The van der Waals surface area contributed by atoms with Crippen LogP contribution < -0.4 is 14.8 Å². The summed E-state index contributed by atoms with van der Waals surface area (Å²) in [5.41, 5.74) is 1.94. The van der Waals surface area contributed by atoms with E-state index in [4.69, 9.17) is 14.2 Å². The maximum Gasteiger partial charge on any atom is 0.341 e. The van der Waals surface area contributed by atoms with Crippen molar-refractivity contribution in [2.45, 2.75) is 13.8 Å². The Balaban J connectivity index is 1.77. The van der Waals surface area contributed by atoms with E-state index in [9.17, 15) is 9.59 Å². The summed E-state index contributed by atoms with van der Waals surface area (Å²) in [6.45, 7) is 4.14. The van der Waals surface area contributed by atoms with Gasteiger partial charge in [-0.05, 0) is 31.5 Å². The van der Waals surface area contributed by atoms with Crippen LogP contribution in [0.1, 0.15) is 24.2 Å². The van der Waals surface area contributed by atoms with Crippen molar-refractivity contribution in [1.29, 1.82) is 0 Å². The Morgan fingerprint density at radius 2 is 1.57 bits per heavy atom. The van der Waals surface area contributed by atoms with E-state index in [0.717, 1.165) is 11.1 Å². The lowest BCUT2D eigenvalue weighted by atomic mass is 10.0. The molecule has 1 heterocycles. The lowest BCUT2D eigenvalue weighted by Gasteiger charge is -2.12. The Morgan fingerprint density at radius 3 is 2.23 bits per heavy atom. The highest BCUT2D eigenvalue weighted by Gasteiger charge is 2.23. The van der Waals surface area contributed by atoms with Gasteiger partial charge in [-0.15, -0.1) is 11.3 Å². The fourth-order valence-corrected chi connectivity index (χ4v) is 3.81. The molecule has 0 spiro atoms. The summed E-state index contributed by atoms with van der Waals surface area (Å²) in [6.07, 6.45) is 0. The van der Waals surface area contributed by atoms with Gasteiger partial charge >= 0.3 is 5.97 Å². The molecule has 7 heteroatoms. The summed E-state index contributed by atoms with van der Waals surface area (Å²) in [7, 11) is 0. The number of ether oxygens (including phenoxy) is 3. The van der Waals surface area contributed by atoms with E-state index in [1.165, 1.54) is 11.3 Å². The lowest BCUT2D eigenvalue weighted by molar-refractivity contribution is -0.118. The van der Waals surface area contributed by atoms with Gasteiger partial charge in [-0.1, -0.05) is 42.5 Å². The molecule has 1 N–H and O–H groups in total. The molecule has 0 fully saturated rings. The number of nitrogens with one attached hydrogen (secondary N) is 1. The molecule has 0 unspecified atom stereocenters. The second-order valence-electron chi connectivity index (χ2n) is 6.16. The van der Waals surface area contributed by atoms with Crippen LogP contribution in [0.15, 0.2) is 60.0 Å². The van der Waals surface area contributed by atoms with Crippen LogP contribution in [0.3, 0.4) is 0 Å². The van der Waals surface area contributed by atoms with Crippen molar-refractivity contribution in [2.75, 3.05) is 25.1 Å². The molecule has 6 nitrogen and oxygen atoms in total. The van der Waals surface area contributed by atoms with Crippen molar-refractivity contribution in [3.63, 3.8) is 0 Å². The number of para-hydroxylation sites is 2. The molecule has 1 aromatic heterocycles. The van der Waals surface area contributed by atoms with E-state index >= 15 is 0 Å². The molecule has 0 saturated heterocycles. The standard InChI is InChI=1S/C23H23NO5S/c1-3-27-18-12-8-9-13-19(18)29-14-20(25)24-22-21(23(26)28-4-2)17(15-30-22)16-10-6-5-7-11-16/h5-13,15H,3-4,14H2,1-2H3,(H,24,25). The minimum Gasteiger partial charge on any atom is -0.490 e. The third kappa shape index (κ3) is 5.18. The fraction of sp³-hybridized carbons (Fsp3) is 0.217. The maximum atomic E-state index is 12.6. The molecule has 0 aliphatic heterocycles. The van der Waals surface area contributed by atoms with E-state index in [1.54, 1.807) is 25.1 Å². The number of benzene rings is 2. The molecule has 0 aliphatic rings. The Morgan fingerprint density at radius 1 is 0.900 bits per heavy atom. The number of carbonyl (C=O) groups excluding carboxylic acids is 2. The molecular formula is C23H23NO5S. The number of anilines is 1. The summed E-state index contributed by atoms with van der Waals surface area (Å²) >= 11 is 1.27. The van der Waals surface area contributed by atoms with Crippen molar-refractivity contribution in [2.24, 2.45) is 0 Å². The zero-order valence-electron chi connectivity index (χ0n) is 16.8. The Labute approximate surface area is 179 Å². The van der Waals surface area contributed by atoms with Crippen LogP contribution in [-0.2, 0) is 9.53 Å². The molecule has 1 amide bonds. The van der Waals surface area contributed by atoms with Gasteiger partial charge in [0, 0.05) is 10.9 Å². The fourth-order valence-electron chi connectivity index (χ4n) is 2.84. The second kappa shape index (κ2) is 10.5. The Kier molecular flexibility index (Phi) is 7.45. The largest absolute Gasteiger partial charge is 0.490 e. The Bertz CT molecular complexity index is 1000. The van der Waals surface area contributed by atoms with Crippen molar-refractivity contribution in [3.05, 3.63) is 65.5 Å². The van der Waals surface area contributed by atoms with Crippen LogP contribution in [0, 0.1) is 0 Å². The molecule has 0 radical (unpaired) electrons. The average Bonchev–Trinajstić information content (AvgIpc) is 3.17. The van der Waals surface area contributed by atoms with Gasteiger partial charge in [-0.25, -0.2) is 4.79 Å².